The molecule has 1 heterocycles. The van der Waals surface area contributed by atoms with E-state index in [4.69, 9.17) is 0 Å². The molecule has 0 unspecified atom stereocenters. The maximum Gasteiger partial charge on any atom is 0.235 e. The van der Waals surface area contributed by atoms with E-state index in [1.165, 1.54) is 0 Å². The lowest BCUT2D eigenvalue weighted by molar-refractivity contribution is -0.119. The number of nitrogens with one attached hydrogen (secondary N) is 1. The van der Waals surface area contributed by atoms with Crippen LogP contribution in [0.3, 0.4) is 0 Å². The van der Waals surface area contributed by atoms with E-state index in [1.54, 1.807) is 23.1 Å². The van der Waals surface area contributed by atoms with Gasteiger partial charge < -0.3 is 4.90 Å². The van der Waals surface area contributed by atoms with E-state index >= 15 is 0 Å². The highest BCUT2D eigenvalue weighted by Gasteiger charge is 2.27. The molecule has 2 fully saturated rings. The Morgan fingerprint density at radius 1 is 1.04 bits per heavy atom. The number of amides is 1. The van der Waals surface area contributed by atoms with Gasteiger partial charge >= 0.3 is 0 Å². The molecule has 23 heavy (non-hydrogen) atoms. The molecule has 0 spiro atoms. The molecule has 0 radical (unpaired) electrons. The van der Waals surface area contributed by atoms with Crippen LogP contribution in [-0.2, 0) is 14.8 Å². The Labute approximate surface area is 138 Å². The maximum absolute atomic E-state index is 12.5. The van der Waals surface area contributed by atoms with Gasteiger partial charge in [0.2, 0.25) is 15.9 Å². The molecule has 1 aromatic carbocycles. The van der Waals surface area contributed by atoms with Gasteiger partial charge in [-0.1, -0.05) is 25.3 Å². The first-order valence-corrected chi connectivity index (χ1v) is 10.0. The highest BCUT2D eigenvalue weighted by atomic mass is 32.2. The van der Waals surface area contributed by atoms with Gasteiger partial charge in [-0.05, 0) is 43.9 Å². The highest BCUT2D eigenvalue weighted by Crippen LogP contribution is 2.28. The molecule has 1 aliphatic carbocycles. The number of rotatable bonds is 4. The van der Waals surface area contributed by atoms with Crippen LogP contribution in [-0.4, -0.2) is 26.1 Å². The molecule has 1 amide bonds. The van der Waals surface area contributed by atoms with E-state index in [0.29, 0.717) is 18.7 Å². The van der Waals surface area contributed by atoms with Crippen LogP contribution in [0.4, 0.5) is 11.4 Å². The number of carbonyl (C=O) groups excluding carboxylic acids is 1. The summed E-state index contributed by atoms with van der Waals surface area (Å²) >= 11 is 0. The summed E-state index contributed by atoms with van der Waals surface area (Å²) in [6.45, 7) is 0.706. The molecule has 1 saturated heterocycles. The molecular weight excluding hydrogens is 312 g/mol. The third-order valence-electron chi connectivity index (χ3n) is 4.73. The molecule has 1 aromatic rings. The summed E-state index contributed by atoms with van der Waals surface area (Å²) in [5, 5.41) is -0.295. The Balaban J connectivity index is 1.75. The molecule has 0 aromatic heterocycles. The number of carbonyl (C=O) groups is 1. The molecule has 0 atom stereocenters. The molecule has 5 nitrogen and oxygen atoms in total. The van der Waals surface area contributed by atoms with Gasteiger partial charge in [-0.15, -0.1) is 0 Å². The Morgan fingerprint density at radius 2 is 1.83 bits per heavy atom. The van der Waals surface area contributed by atoms with E-state index in [9.17, 15) is 13.2 Å². The summed E-state index contributed by atoms with van der Waals surface area (Å²) in [5.74, 6) is 0.114. The third kappa shape index (κ3) is 3.86. The van der Waals surface area contributed by atoms with Gasteiger partial charge in [0, 0.05) is 18.7 Å². The fourth-order valence-corrected chi connectivity index (χ4v) is 5.02. The summed E-state index contributed by atoms with van der Waals surface area (Å²) in [5.41, 5.74) is 1.32. The van der Waals surface area contributed by atoms with Crippen LogP contribution in [0, 0.1) is 0 Å². The minimum Gasteiger partial charge on any atom is -0.312 e. The molecule has 1 aliphatic heterocycles. The van der Waals surface area contributed by atoms with E-state index in [1.807, 2.05) is 6.07 Å². The molecule has 126 valence electrons. The van der Waals surface area contributed by atoms with Crippen LogP contribution in [0.1, 0.15) is 51.4 Å². The second-order valence-electron chi connectivity index (χ2n) is 6.46. The molecule has 1 saturated carbocycles. The van der Waals surface area contributed by atoms with Gasteiger partial charge in [-0.3, -0.25) is 9.52 Å². The van der Waals surface area contributed by atoms with E-state index in [0.717, 1.165) is 50.6 Å². The Kier molecular flexibility index (Phi) is 4.90. The van der Waals surface area contributed by atoms with Crippen molar-refractivity contribution in [3.63, 3.8) is 0 Å². The monoisotopic (exact) mass is 336 g/mol. The van der Waals surface area contributed by atoms with Gasteiger partial charge in [0.25, 0.3) is 0 Å². The summed E-state index contributed by atoms with van der Waals surface area (Å²) in [7, 11) is -3.35. The summed E-state index contributed by atoms with van der Waals surface area (Å²) in [4.78, 5) is 13.8. The van der Waals surface area contributed by atoms with Gasteiger partial charge in [0.15, 0.2) is 0 Å². The largest absolute Gasteiger partial charge is 0.312 e. The van der Waals surface area contributed by atoms with Crippen molar-refractivity contribution in [2.24, 2.45) is 0 Å². The smallest absolute Gasteiger partial charge is 0.235 e. The SMILES string of the molecule is O=C1CCCCN1c1cccc(NS(=O)(=O)C2CCCCC2)c1. The first-order valence-electron chi connectivity index (χ1n) is 8.48. The van der Waals surface area contributed by atoms with Gasteiger partial charge in [-0.25, -0.2) is 8.42 Å². The first-order chi connectivity index (χ1) is 11.1. The van der Waals surface area contributed by atoms with Crippen LogP contribution < -0.4 is 9.62 Å². The Morgan fingerprint density at radius 3 is 2.57 bits per heavy atom. The minimum absolute atomic E-state index is 0.114. The first kappa shape index (κ1) is 16.3. The maximum atomic E-state index is 12.5. The molecule has 2 aliphatic rings. The lowest BCUT2D eigenvalue weighted by Crippen LogP contribution is -2.35. The molecule has 3 rings (SSSR count). The lowest BCUT2D eigenvalue weighted by atomic mass is 10.0. The molecule has 0 bridgehead atoms. The Hall–Kier alpha value is -1.56. The zero-order chi connectivity index (χ0) is 16.3. The Bertz CT molecular complexity index is 666. The highest BCUT2D eigenvalue weighted by molar-refractivity contribution is 7.93. The predicted octanol–water partition coefficient (Wildman–Crippen LogP) is 3.28. The van der Waals surface area contributed by atoms with Crippen LogP contribution in [0.15, 0.2) is 24.3 Å². The predicted molar refractivity (Wildman–Crippen MR) is 92.1 cm³/mol. The molecule has 1 N–H and O–H groups in total. The van der Waals surface area contributed by atoms with Crippen molar-refractivity contribution >= 4 is 27.3 Å². The second-order valence-corrected chi connectivity index (χ2v) is 8.42. The average Bonchev–Trinajstić information content (AvgIpc) is 2.56. The normalized spacial score (nSPS) is 20.5. The van der Waals surface area contributed by atoms with Crippen molar-refractivity contribution < 1.29 is 13.2 Å². The summed E-state index contributed by atoms with van der Waals surface area (Å²) in [6, 6.07) is 7.18. The quantitative estimate of drug-likeness (QED) is 0.917. The number of benzene rings is 1. The topological polar surface area (TPSA) is 66.5 Å². The third-order valence-corrected chi connectivity index (χ3v) is 6.60. The zero-order valence-corrected chi connectivity index (χ0v) is 14.1. The van der Waals surface area contributed by atoms with Crippen LogP contribution in [0.2, 0.25) is 0 Å². The van der Waals surface area contributed by atoms with Crippen molar-refractivity contribution in [1.82, 2.24) is 0 Å². The number of hydrogen-bond donors (Lipinski definition) is 1. The van der Waals surface area contributed by atoms with Crippen LogP contribution in [0.5, 0.6) is 0 Å². The molecule has 6 heteroatoms. The fraction of sp³-hybridized carbons (Fsp3) is 0.588. The average molecular weight is 336 g/mol. The number of anilines is 2. The van der Waals surface area contributed by atoms with E-state index < -0.39 is 10.0 Å². The van der Waals surface area contributed by atoms with Gasteiger partial charge in [0.05, 0.1) is 10.9 Å². The zero-order valence-electron chi connectivity index (χ0n) is 13.3. The number of sulfonamides is 1. The summed E-state index contributed by atoms with van der Waals surface area (Å²) in [6.07, 6.45) is 7.05. The van der Waals surface area contributed by atoms with Crippen LogP contribution >= 0.6 is 0 Å². The summed E-state index contributed by atoms with van der Waals surface area (Å²) < 4.78 is 27.7. The number of nitrogens with zero attached hydrogens (tertiary/aromatic N) is 1. The van der Waals surface area contributed by atoms with Gasteiger partial charge in [-0.2, -0.15) is 0 Å². The van der Waals surface area contributed by atoms with Crippen molar-refractivity contribution in [2.45, 2.75) is 56.6 Å². The van der Waals surface area contributed by atoms with E-state index in [-0.39, 0.29) is 11.2 Å². The van der Waals surface area contributed by atoms with Crippen molar-refractivity contribution in [2.75, 3.05) is 16.2 Å². The van der Waals surface area contributed by atoms with E-state index in [2.05, 4.69) is 4.72 Å². The van der Waals surface area contributed by atoms with Crippen LogP contribution in [0.25, 0.3) is 0 Å². The standard InChI is InChI=1S/C17H24N2O3S/c20-17-11-4-5-12-19(17)15-8-6-7-14(13-15)18-23(21,22)16-9-2-1-3-10-16/h6-8,13,16,18H,1-5,9-12H2. The van der Waals surface area contributed by atoms with Gasteiger partial charge in [0.1, 0.15) is 0 Å². The number of hydrogen-bond acceptors (Lipinski definition) is 3. The molecular formula is C17H24N2O3S. The minimum atomic E-state index is -3.35. The second kappa shape index (κ2) is 6.91. The fourth-order valence-electron chi connectivity index (χ4n) is 3.44. The lowest BCUT2D eigenvalue weighted by Gasteiger charge is -2.27. The number of piperidine rings is 1. The van der Waals surface area contributed by atoms with Crippen molar-refractivity contribution in [3.05, 3.63) is 24.3 Å². The van der Waals surface area contributed by atoms with Crippen molar-refractivity contribution in [3.8, 4) is 0 Å². The van der Waals surface area contributed by atoms with Crippen molar-refractivity contribution in [1.29, 1.82) is 0 Å².